The Bertz CT molecular complexity index is 845. The largest absolute Gasteiger partial charge is 0.507 e. The van der Waals surface area contributed by atoms with Crippen LogP contribution in [0.5, 0.6) is 5.75 Å². The molecule has 2 aromatic rings. The number of carbonyl (C=O) groups is 1. The number of benzene rings is 2. The summed E-state index contributed by atoms with van der Waals surface area (Å²) in [5, 5.41) is 10.4. The molecule has 0 atom stereocenters. The van der Waals surface area contributed by atoms with Crippen molar-refractivity contribution < 1.29 is 14.6 Å². The summed E-state index contributed by atoms with van der Waals surface area (Å²) >= 11 is 0. The van der Waals surface area contributed by atoms with Gasteiger partial charge in [0.2, 0.25) is 0 Å². The van der Waals surface area contributed by atoms with Crippen LogP contribution in [-0.4, -0.2) is 17.7 Å². The first-order chi connectivity index (χ1) is 12.2. The maximum Gasteiger partial charge on any atom is 0.310 e. The standard InChI is InChI=1S/C22H22O3/c1-3-16-18(13-15-9-6-5-7-10-15)17-11-8-12-20(23)22(17)19(16)14-21(24)25-4-2/h5-13,23H,3-4,14H2,1-2H3/b18-13-. The molecule has 0 fully saturated rings. The monoisotopic (exact) mass is 334 g/mol. The summed E-state index contributed by atoms with van der Waals surface area (Å²) in [5.41, 5.74) is 5.85. The molecule has 128 valence electrons. The minimum atomic E-state index is -0.265. The predicted octanol–water partition coefficient (Wildman–Crippen LogP) is 5.06. The van der Waals surface area contributed by atoms with E-state index in [2.05, 4.69) is 13.0 Å². The predicted molar refractivity (Wildman–Crippen MR) is 101 cm³/mol. The number of phenols is 1. The van der Waals surface area contributed by atoms with Gasteiger partial charge in [0.1, 0.15) is 5.75 Å². The lowest BCUT2D eigenvalue weighted by Gasteiger charge is -2.08. The van der Waals surface area contributed by atoms with Crippen molar-refractivity contribution in [1.29, 1.82) is 0 Å². The van der Waals surface area contributed by atoms with Crippen molar-refractivity contribution in [1.82, 2.24) is 0 Å². The van der Waals surface area contributed by atoms with E-state index in [0.29, 0.717) is 6.61 Å². The van der Waals surface area contributed by atoms with Crippen LogP contribution < -0.4 is 0 Å². The Morgan fingerprint density at radius 2 is 1.80 bits per heavy atom. The van der Waals surface area contributed by atoms with Gasteiger partial charge in [-0.3, -0.25) is 4.79 Å². The summed E-state index contributed by atoms with van der Waals surface area (Å²) in [5.74, 6) is -0.0576. The first-order valence-electron chi connectivity index (χ1n) is 8.63. The van der Waals surface area contributed by atoms with E-state index >= 15 is 0 Å². The molecule has 1 aliphatic carbocycles. The van der Waals surface area contributed by atoms with Crippen LogP contribution in [0.4, 0.5) is 0 Å². The van der Waals surface area contributed by atoms with Crippen molar-refractivity contribution in [3.63, 3.8) is 0 Å². The molecule has 0 saturated heterocycles. The fourth-order valence-corrected chi connectivity index (χ4v) is 3.39. The summed E-state index contributed by atoms with van der Waals surface area (Å²) in [6, 6.07) is 15.6. The van der Waals surface area contributed by atoms with E-state index in [0.717, 1.165) is 39.8 Å². The highest BCUT2D eigenvalue weighted by atomic mass is 16.5. The van der Waals surface area contributed by atoms with Gasteiger partial charge in [0, 0.05) is 5.56 Å². The van der Waals surface area contributed by atoms with Crippen LogP contribution in [0, 0.1) is 0 Å². The van der Waals surface area contributed by atoms with Gasteiger partial charge in [0.25, 0.3) is 0 Å². The molecule has 0 bridgehead atoms. The Labute approximate surface area is 148 Å². The molecule has 0 aromatic heterocycles. The minimum absolute atomic E-state index is 0.174. The van der Waals surface area contributed by atoms with Crippen LogP contribution >= 0.6 is 0 Å². The number of hydrogen-bond donors (Lipinski definition) is 1. The number of ether oxygens (including phenoxy) is 1. The second-order valence-corrected chi connectivity index (χ2v) is 5.96. The zero-order valence-electron chi connectivity index (χ0n) is 14.6. The average Bonchev–Trinajstić information content (AvgIpc) is 2.90. The Morgan fingerprint density at radius 1 is 1.04 bits per heavy atom. The van der Waals surface area contributed by atoms with Gasteiger partial charge >= 0.3 is 5.97 Å². The van der Waals surface area contributed by atoms with Gasteiger partial charge < -0.3 is 9.84 Å². The first kappa shape index (κ1) is 17.0. The van der Waals surface area contributed by atoms with Gasteiger partial charge in [-0.2, -0.15) is 0 Å². The third-order valence-electron chi connectivity index (χ3n) is 4.41. The van der Waals surface area contributed by atoms with Gasteiger partial charge in [-0.05, 0) is 53.3 Å². The molecule has 2 aromatic carbocycles. The molecule has 0 amide bonds. The van der Waals surface area contributed by atoms with E-state index < -0.39 is 0 Å². The molecule has 3 nitrogen and oxygen atoms in total. The molecule has 3 rings (SSSR count). The fraction of sp³-hybridized carbons (Fsp3) is 0.227. The van der Waals surface area contributed by atoms with E-state index in [9.17, 15) is 9.90 Å². The summed E-state index contributed by atoms with van der Waals surface area (Å²) in [6.45, 7) is 4.23. The van der Waals surface area contributed by atoms with E-state index in [-0.39, 0.29) is 18.1 Å². The Hall–Kier alpha value is -2.81. The Morgan fingerprint density at radius 3 is 2.48 bits per heavy atom. The van der Waals surface area contributed by atoms with Crippen molar-refractivity contribution in [3.8, 4) is 5.75 Å². The third-order valence-corrected chi connectivity index (χ3v) is 4.41. The quantitative estimate of drug-likeness (QED) is 0.777. The Kier molecular flexibility index (Phi) is 5.03. The number of esters is 1. The van der Waals surface area contributed by atoms with Gasteiger partial charge in [0.15, 0.2) is 0 Å². The van der Waals surface area contributed by atoms with Crippen molar-refractivity contribution in [2.75, 3.05) is 6.61 Å². The lowest BCUT2D eigenvalue weighted by molar-refractivity contribution is -0.141. The van der Waals surface area contributed by atoms with Crippen molar-refractivity contribution >= 4 is 23.2 Å². The van der Waals surface area contributed by atoms with Gasteiger partial charge in [-0.15, -0.1) is 0 Å². The van der Waals surface area contributed by atoms with Crippen molar-refractivity contribution in [2.24, 2.45) is 0 Å². The highest BCUT2D eigenvalue weighted by molar-refractivity contribution is 6.09. The zero-order valence-corrected chi connectivity index (χ0v) is 14.6. The van der Waals surface area contributed by atoms with Crippen LogP contribution in [0.25, 0.3) is 17.2 Å². The molecular formula is C22H22O3. The molecule has 0 heterocycles. The van der Waals surface area contributed by atoms with Gasteiger partial charge in [-0.1, -0.05) is 49.4 Å². The second kappa shape index (κ2) is 7.39. The van der Waals surface area contributed by atoms with Crippen LogP contribution in [0.1, 0.15) is 43.4 Å². The van der Waals surface area contributed by atoms with Gasteiger partial charge in [-0.25, -0.2) is 0 Å². The molecule has 0 saturated carbocycles. The summed E-state index contributed by atoms with van der Waals surface area (Å²) in [4.78, 5) is 12.1. The molecular weight excluding hydrogens is 312 g/mol. The average molecular weight is 334 g/mol. The third kappa shape index (κ3) is 3.36. The summed E-state index contributed by atoms with van der Waals surface area (Å²) < 4.78 is 5.13. The molecule has 0 radical (unpaired) electrons. The Balaban J connectivity index is 2.15. The highest BCUT2D eigenvalue weighted by Crippen LogP contribution is 2.48. The number of carbonyl (C=O) groups excluding carboxylic acids is 1. The number of phenolic OH excluding ortho intramolecular Hbond substituents is 1. The number of aromatic hydroxyl groups is 1. The first-order valence-corrected chi connectivity index (χ1v) is 8.63. The molecule has 0 aliphatic heterocycles. The smallest absolute Gasteiger partial charge is 0.310 e. The number of fused-ring (bicyclic) bond motifs is 1. The summed E-state index contributed by atoms with van der Waals surface area (Å²) in [7, 11) is 0. The molecule has 3 heteroatoms. The normalized spacial score (nSPS) is 14.7. The molecule has 0 spiro atoms. The van der Waals surface area contributed by atoms with E-state index in [1.54, 1.807) is 13.0 Å². The number of hydrogen-bond acceptors (Lipinski definition) is 3. The van der Waals surface area contributed by atoms with Crippen LogP contribution in [0.3, 0.4) is 0 Å². The lowest BCUT2D eigenvalue weighted by atomic mass is 9.98. The molecule has 0 unspecified atom stereocenters. The van der Waals surface area contributed by atoms with Crippen LogP contribution in [0.2, 0.25) is 0 Å². The van der Waals surface area contributed by atoms with Crippen molar-refractivity contribution in [3.05, 3.63) is 70.8 Å². The molecule has 25 heavy (non-hydrogen) atoms. The van der Waals surface area contributed by atoms with E-state index in [4.69, 9.17) is 4.74 Å². The topological polar surface area (TPSA) is 46.5 Å². The van der Waals surface area contributed by atoms with Gasteiger partial charge in [0.05, 0.1) is 13.0 Å². The van der Waals surface area contributed by atoms with E-state index in [1.807, 2.05) is 42.5 Å². The maximum atomic E-state index is 12.1. The molecule has 1 aliphatic rings. The molecule has 1 N–H and O–H groups in total. The second-order valence-electron chi connectivity index (χ2n) is 5.96. The zero-order chi connectivity index (χ0) is 17.8. The van der Waals surface area contributed by atoms with Crippen molar-refractivity contribution in [2.45, 2.75) is 26.7 Å². The maximum absolute atomic E-state index is 12.1. The highest BCUT2D eigenvalue weighted by Gasteiger charge is 2.29. The SMILES string of the molecule is CCOC(=O)CC1=C(CC)/C(=C/c2ccccc2)c2cccc(O)c21. The van der Waals surface area contributed by atoms with Crippen LogP contribution in [-0.2, 0) is 9.53 Å². The summed E-state index contributed by atoms with van der Waals surface area (Å²) in [6.07, 6.45) is 3.07. The van der Waals surface area contributed by atoms with E-state index in [1.165, 1.54) is 0 Å². The number of allylic oxidation sites excluding steroid dienone is 2. The minimum Gasteiger partial charge on any atom is -0.507 e. The van der Waals surface area contributed by atoms with Crippen LogP contribution in [0.15, 0.2) is 54.1 Å². The fourth-order valence-electron chi connectivity index (χ4n) is 3.39. The lowest BCUT2D eigenvalue weighted by Crippen LogP contribution is -2.05. The number of rotatable bonds is 5.